The fourth-order valence-corrected chi connectivity index (χ4v) is 3.28. The van der Waals surface area contributed by atoms with Crippen LogP contribution in [0.4, 0.5) is 0 Å². The molecule has 1 aliphatic rings. The van der Waals surface area contributed by atoms with E-state index in [-0.39, 0.29) is 0 Å². The summed E-state index contributed by atoms with van der Waals surface area (Å²) in [4.78, 5) is 0. The number of allylic oxidation sites excluding steroid dienone is 4. The van der Waals surface area contributed by atoms with Crippen LogP contribution in [0.15, 0.2) is 24.3 Å². The van der Waals surface area contributed by atoms with E-state index in [1.807, 2.05) is 0 Å². The second-order valence-corrected chi connectivity index (χ2v) is 6.48. The molecule has 0 heteroatoms. The molecule has 0 saturated heterocycles. The van der Waals surface area contributed by atoms with E-state index in [4.69, 9.17) is 0 Å². The number of hydrogen-bond donors (Lipinski definition) is 0. The predicted octanol–water partition coefficient (Wildman–Crippen LogP) is 7.07. The molecular formula is C20H36. The average Bonchev–Trinajstić information content (AvgIpc) is 2.90. The van der Waals surface area contributed by atoms with E-state index in [9.17, 15) is 0 Å². The van der Waals surface area contributed by atoms with E-state index < -0.39 is 0 Å². The fraction of sp³-hybridized carbons (Fsp3) is 0.800. The summed E-state index contributed by atoms with van der Waals surface area (Å²) in [7, 11) is 0. The van der Waals surface area contributed by atoms with Crippen molar-refractivity contribution in [1.82, 2.24) is 0 Å². The van der Waals surface area contributed by atoms with Crippen LogP contribution in [0.2, 0.25) is 0 Å². The SMILES string of the molecule is CCCC/C=C\C[C@H]1CCCC1/C=C/CCCCCC. The maximum atomic E-state index is 2.55. The summed E-state index contributed by atoms with van der Waals surface area (Å²) in [6, 6.07) is 0. The third-order valence-electron chi connectivity index (χ3n) is 4.66. The zero-order valence-corrected chi connectivity index (χ0v) is 13.9. The molecule has 0 aliphatic heterocycles. The molecular weight excluding hydrogens is 240 g/mol. The van der Waals surface area contributed by atoms with Gasteiger partial charge in [-0.1, -0.05) is 76.7 Å². The van der Waals surface area contributed by atoms with Gasteiger partial charge in [-0.15, -0.1) is 0 Å². The summed E-state index contributed by atoms with van der Waals surface area (Å²) in [5.74, 6) is 1.80. The Labute approximate surface area is 127 Å². The summed E-state index contributed by atoms with van der Waals surface area (Å²) >= 11 is 0. The number of rotatable bonds is 11. The molecule has 1 rings (SSSR count). The van der Waals surface area contributed by atoms with Crippen LogP contribution in [0.3, 0.4) is 0 Å². The molecule has 0 amide bonds. The number of unbranched alkanes of at least 4 members (excludes halogenated alkanes) is 6. The lowest BCUT2D eigenvalue weighted by Crippen LogP contribution is -2.03. The largest absolute Gasteiger partial charge is 0.0885 e. The summed E-state index contributed by atoms with van der Waals surface area (Å²) < 4.78 is 0. The quantitative estimate of drug-likeness (QED) is 0.280. The van der Waals surface area contributed by atoms with Gasteiger partial charge in [0.15, 0.2) is 0 Å². The van der Waals surface area contributed by atoms with Gasteiger partial charge in [-0.25, -0.2) is 0 Å². The lowest BCUT2D eigenvalue weighted by molar-refractivity contribution is 0.462. The maximum Gasteiger partial charge on any atom is -0.0202 e. The highest BCUT2D eigenvalue weighted by atomic mass is 14.3. The topological polar surface area (TPSA) is 0 Å². The molecule has 116 valence electrons. The van der Waals surface area contributed by atoms with Crippen LogP contribution in [0, 0.1) is 11.8 Å². The second-order valence-electron chi connectivity index (χ2n) is 6.48. The van der Waals surface area contributed by atoms with Gasteiger partial charge < -0.3 is 0 Å². The van der Waals surface area contributed by atoms with Gasteiger partial charge in [0.1, 0.15) is 0 Å². The van der Waals surface area contributed by atoms with Crippen molar-refractivity contribution < 1.29 is 0 Å². The lowest BCUT2D eigenvalue weighted by Gasteiger charge is -2.14. The third-order valence-corrected chi connectivity index (χ3v) is 4.66. The smallest absolute Gasteiger partial charge is 0.0202 e. The van der Waals surface area contributed by atoms with Gasteiger partial charge in [-0.3, -0.25) is 0 Å². The van der Waals surface area contributed by atoms with Crippen molar-refractivity contribution in [2.75, 3.05) is 0 Å². The normalized spacial score (nSPS) is 23.3. The van der Waals surface area contributed by atoms with Crippen molar-refractivity contribution >= 4 is 0 Å². The Bertz CT molecular complexity index is 261. The summed E-state index contributed by atoms with van der Waals surface area (Å²) in [5, 5.41) is 0. The highest BCUT2D eigenvalue weighted by Crippen LogP contribution is 2.35. The predicted molar refractivity (Wildman–Crippen MR) is 92.0 cm³/mol. The Hall–Kier alpha value is -0.520. The van der Waals surface area contributed by atoms with Crippen LogP contribution in [0.25, 0.3) is 0 Å². The Morgan fingerprint density at radius 2 is 1.60 bits per heavy atom. The first-order valence-electron chi connectivity index (χ1n) is 9.20. The van der Waals surface area contributed by atoms with Crippen molar-refractivity contribution in [2.45, 2.75) is 90.9 Å². The molecule has 0 N–H and O–H groups in total. The first-order chi connectivity index (χ1) is 9.88. The zero-order chi connectivity index (χ0) is 14.5. The van der Waals surface area contributed by atoms with E-state index in [2.05, 4.69) is 38.2 Å². The standard InChI is InChI=1S/C20H36/c1-3-5-7-9-11-13-16-20-18-14-17-19(20)15-12-10-8-6-4-2/h10,12-13,16,19-20H,3-9,11,14-15,17-18H2,1-2H3/b12-10-,16-13+/t19-,20?/m0/s1. The molecule has 1 saturated carbocycles. The van der Waals surface area contributed by atoms with Crippen molar-refractivity contribution in [3.63, 3.8) is 0 Å². The second kappa shape index (κ2) is 12.2. The minimum atomic E-state index is 0.872. The van der Waals surface area contributed by atoms with Crippen molar-refractivity contribution in [1.29, 1.82) is 0 Å². The zero-order valence-electron chi connectivity index (χ0n) is 13.9. The van der Waals surface area contributed by atoms with Crippen LogP contribution in [0.1, 0.15) is 90.9 Å². The molecule has 0 aromatic carbocycles. The van der Waals surface area contributed by atoms with E-state index in [0.29, 0.717) is 0 Å². The molecule has 0 radical (unpaired) electrons. The minimum Gasteiger partial charge on any atom is -0.0885 e. The van der Waals surface area contributed by atoms with Gasteiger partial charge in [0.05, 0.1) is 0 Å². The van der Waals surface area contributed by atoms with E-state index in [0.717, 1.165) is 11.8 Å². The molecule has 1 unspecified atom stereocenters. The molecule has 1 fully saturated rings. The highest BCUT2D eigenvalue weighted by molar-refractivity contribution is 4.97. The van der Waals surface area contributed by atoms with E-state index in [1.54, 1.807) is 0 Å². The van der Waals surface area contributed by atoms with Gasteiger partial charge in [0.25, 0.3) is 0 Å². The first-order valence-corrected chi connectivity index (χ1v) is 9.20. The van der Waals surface area contributed by atoms with Gasteiger partial charge in [-0.2, -0.15) is 0 Å². The summed E-state index contributed by atoms with van der Waals surface area (Å²) in [6.45, 7) is 4.55. The Morgan fingerprint density at radius 3 is 2.40 bits per heavy atom. The van der Waals surface area contributed by atoms with Crippen molar-refractivity contribution in [2.24, 2.45) is 11.8 Å². The Kier molecular flexibility index (Phi) is 10.7. The molecule has 0 bridgehead atoms. The average molecular weight is 277 g/mol. The molecule has 0 aromatic heterocycles. The van der Waals surface area contributed by atoms with Crippen LogP contribution in [-0.2, 0) is 0 Å². The van der Waals surface area contributed by atoms with Crippen LogP contribution >= 0.6 is 0 Å². The molecule has 0 heterocycles. The number of hydrogen-bond acceptors (Lipinski definition) is 0. The van der Waals surface area contributed by atoms with Crippen LogP contribution in [0.5, 0.6) is 0 Å². The van der Waals surface area contributed by atoms with Gasteiger partial charge >= 0.3 is 0 Å². The van der Waals surface area contributed by atoms with E-state index >= 15 is 0 Å². The monoisotopic (exact) mass is 276 g/mol. The molecule has 1 aliphatic carbocycles. The van der Waals surface area contributed by atoms with E-state index in [1.165, 1.54) is 77.0 Å². The van der Waals surface area contributed by atoms with Gasteiger partial charge in [0.2, 0.25) is 0 Å². The third kappa shape index (κ3) is 7.92. The highest BCUT2D eigenvalue weighted by Gasteiger charge is 2.23. The molecule has 20 heavy (non-hydrogen) atoms. The van der Waals surface area contributed by atoms with Crippen molar-refractivity contribution in [3.05, 3.63) is 24.3 Å². The lowest BCUT2D eigenvalue weighted by atomic mass is 9.92. The van der Waals surface area contributed by atoms with Gasteiger partial charge in [-0.05, 0) is 50.4 Å². The molecule has 0 nitrogen and oxygen atoms in total. The molecule has 0 spiro atoms. The van der Waals surface area contributed by atoms with Crippen LogP contribution < -0.4 is 0 Å². The molecule has 2 atom stereocenters. The minimum absolute atomic E-state index is 0.872. The Balaban J connectivity index is 2.16. The summed E-state index contributed by atoms with van der Waals surface area (Å²) in [5.41, 5.74) is 0. The molecule has 0 aromatic rings. The van der Waals surface area contributed by atoms with Crippen LogP contribution in [-0.4, -0.2) is 0 Å². The summed E-state index contributed by atoms with van der Waals surface area (Å²) in [6.07, 6.45) is 26.3. The maximum absolute atomic E-state index is 2.55. The van der Waals surface area contributed by atoms with Gasteiger partial charge in [0, 0.05) is 0 Å². The fourth-order valence-electron chi connectivity index (χ4n) is 3.28. The first kappa shape index (κ1) is 17.5. The Morgan fingerprint density at radius 1 is 0.800 bits per heavy atom. The van der Waals surface area contributed by atoms with Crippen molar-refractivity contribution in [3.8, 4) is 0 Å².